The van der Waals surface area contributed by atoms with Crippen LogP contribution in [0, 0.1) is 5.41 Å². The Kier molecular flexibility index (Phi) is 25.6. The number of amides is 2. The van der Waals surface area contributed by atoms with Crippen LogP contribution in [0.2, 0.25) is 0 Å². The number of nitrogens with two attached hydrogens (primary N) is 1. The fourth-order valence-electron chi connectivity index (χ4n) is 6.77. The van der Waals surface area contributed by atoms with Gasteiger partial charge < -0.3 is 55.7 Å². The Hall–Kier alpha value is -3.03. The van der Waals surface area contributed by atoms with E-state index in [4.69, 9.17) is 19.5 Å². The highest BCUT2D eigenvalue weighted by atomic mass is 32.2. The zero-order valence-corrected chi connectivity index (χ0v) is 41.6. The number of aliphatic hydroxyl groups is 2. The normalized spacial score (nSPS) is 20.0. The lowest BCUT2D eigenvalue weighted by Gasteiger charge is -2.30. The molecular formula is C39H66N7O18P3S. The number of allylic oxidation sites excluding steroid dienone is 1. The molecule has 68 heavy (non-hydrogen) atoms. The first kappa shape index (κ1) is 59.3. The Morgan fingerprint density at radius 1 is 0.897 bits per heavy atom. The molecule has 0 bridgehead atoms. The number of nitrogen functional groups attached to an aromatic ring is 1. The molecule has 0 aromatic carbocycles. The first-order valence-corrected chi connectivity index (χ1v) is 27.7. The third-order valence-corrected chi connectivity index (χ3v) is 14.4. The van der Waals surface area contributed by atoms with Crippen molar-refractivity contribution in [3.63, 3.8) is 0 Å². The maximum atomic E-state index is 12.7. The van der Waals surface area contributed by atoms with E-state index >= 15 is 0 Å². The standard InChI is InChI=1S/C39H66N7O18P3S/c1-39(2,34(51)37(52)42-20-19-29(48)41-21-23-68-30(49)18-16-14-12-10-8-6-4-3-5-7-9-11-13-15-17-22-47)25-61-67(58,59)64-66(56,57)60-24-28-33(63-65(53,54)55)32(50)38(62-28)46-27-45-31-35(40)43-26-44-36(31)46/h16,18,22,26-28,32-34,38,50-51H,3-15,17,19-21,23-25H2,1-2H3,(H,41,48)(H,42,52)(H,56,57)(H,58,59)(H2,40,43,44)(H2,53,54,55)/t28-,32-,33-,34+,38-/m1/s1. The van der Waals surface area contributed by atoms with E-state index in [0.29, 0.717) is 12.2 Å². The fourth-order valence-corrected chi connectivity index (χ4v) is 10.2. The summed E-state index contributed by atoms with van der Waals surface area (Å²) < 4.78 is 62.4. The Labute approximate surface area is 398 Å². The minimum atomic E-state index is -5.58. The molecule has 0 radical (unpaired) electrons. The summed E-state index contributed by atoms with van der Waals surface area (Å²) in [7, 11) is -16.4. The number of phosphoric acid groups is 3. The van der Waals surface area contributed by atoms with E-state index in [1.165, 1.54) is 71.3 Å². The number of fused-ring (bicyclic) bond motifs is 1. The Morgan fingerprint density at radius 2 is 1.50 bits per heavy atom. The molecule has 386 valence electrons. The van der Waals surface area contributed by atoms with Gasteiger partial charge in [-0.05, 0) is 25.3 Å². The van der Waals surface area contributed by atoms with Crippen LogP contribution in [0.1, 0.15) is 116 Å². The second-order valence-electron chi connectivity index (χ2n) is 16.6. The fraction of sp³-hybridized carbons (Fsp3) is 0.718. The SMILES string of the molecule is CC(C)(COP(=O)(O)OP(=O)(O)OC[C@H]1O[C@@H](n2cnc3c(N)ncnc32)[C@H](O)[C@@H]1OP(=O)(O)O)[C@@H](O)C(=O)NCCC(=O)NCCSC(=O)C=CCCCCCCCCCCCCCCC=O. The number of aldehydes is 1. The first-order valence-electron chi connectivity index (χ1n) is 22.2. The number of ether oxygens (including phenoxy) is 1. The molecule has 25 nitrogen and oxygen atoms in total. The molecular weight excluding hydrogens is 979 g/mol. The highest BCUT2D eigenvalue weighted by Crippen LogP contribution is 2.61. The lowest BCUT2D eigenvalue weighted by molar-refractivity contribution is -0.137. The van der Waals surface area contributed by atoms with Crippen LogP contribution in [0.4, 0.5) is 5.82 Å². The molecule has 3 heterocycles. The Bertz CT molecular complexity index is 2090. The largest absolute Gasteiger partial charge is 0.481 e. The second-order valence-corrected chi connectivity index (χ2v) is 22.0. The van der Waals surface area contributed by atoms with Gasteiger partial charge in [0, 0.05) is 37.1 Å². The summed E-state index contributed by atoms with van der Waals surface area (Å²) in [5.74, 6) is -1.13. The van der Waals surface area contributed by atoms with Crippen molar-refractivity contribution in [2.45, 2.75) is 141 Å². The smallest absolute Gasteiger partial charge is 0.386 e. The van der Waals surface area contributed by atoms with Crippen molar-refractivity contribution in [2.24, 2.45) is 5.41 Å². The maximum Gasteiger partial charge on any atom is 0.481 e. The van der Waals surface area contributed by atoms with Gasteiger partial charge in [-0.15, -0.1) is 0 Å². The summed E-state index contributed by atoms with van der Waals surface area (Å²) in [6.45, 7) is 0.484. The van der Waals surface area contributed by atoms with Crippen molar-refractivity contribution in [1.29, 1.82) is 0 Å². The van der Waals surface area contributed by atoms with Crippen molar-refractivity contribution in [3.05, 3.63) is 24.8 Å². The Balaban J connectivity index is 1.30. The van der Waals surface area contributed by atoms with Crippen LogP contribution in [-0.2, 0) is 55.5 Å². The van der Waals surface area contributed by atoms with E-state index in [1.807, 2.05) is 6.08 Å². The summed E-state index contributed by atoms with van der Waals surface area (Å²) >= 11 is 1.06. The number of carbonyl (C=O) groups is 4. The number of unbranched alkanes of at least 4 members (excludes halogenated alkanes) is 13. The van der Waals surface area contributed by atoms with Gasteiger partial charge in [0.1, 0.15) is 42.5 Å². The maximum absolute atomic E-state index is 12.7. The topological polar surface area (TPSA) is 381 Å². The second kappa shape index (κ2) is 29.3. The van der Waals surface area contributed by atoms with Gasteiger partial charge in [-0.25, -0.2) is 28.6 Å². The van der Waals surface area contributed by atoms with Crippen LogP contribution in [0.5, 0.6) is 0 Å². The molecule has 0 spiro atoms. The zero-order chi connectivity index (χ0) is 50.4. The van der Waals surface area contributed by atoms with Gasteiger partial charge in [0.05, 0.1) is 19.5 Å². The van der Waals surface area contributed by atoms with Crippen molar-refractivity contribution >= 4 is 75.4 Å². The molecule has 0 saturated carbocycles. The molecule has 2 aromatic rings. The van der Waals surface area contributed by atoms with E-state index in [2.05, 4.69) is 34.4 Å². The van der Waals surface area contributed by atoms with E-state index < -0.39 is 84.6 Å². The average Bonchev–Trinajstić information content (AvgIpc) is 3.83. The molecule has 1 aliphatic rings. The van der Waals surface area contributed by atoms with Crippen LogP contribution < -0.4 is 16.4 Å². The number of nitrogens with one attached hydrogen (secondary N) is 2. The van der Waals surface area contributed by atoms with Gasteiger partial charge in [0.25, 0.3) is 0 Å². The molecule has 3 rings (SSSR count). The van der Waals surface area contributed by atoms with E-state index in [9.17, 15) is 62.7 Å². The number of thioether (sulfide) groups is 1. The molecule has 1 saturated heterocycles. The van der Waals surface area contributed by atoms with Crippen LogP contribution in [-0.4, -0.2) is 129 Å². The number of anilines is 1. The molecule has 7 atom stereocenters. The van der Waals surface area contributed by atoms with Gasteiger partial charge >= 0.3 is 23.5 Å². The number of hydrogen-bond acceptors (Lipinski definition) is 19. The monoisotopic (exact) mass is 1050 g/mol. The van der Waals surface area contributed by atoms with E-state index in [-0.39, 0.29) is 41.6 Å². The molecule has 2 unspecified atom stereocenters. The number of rotatable bonds is 35. The summed E-state index contributed by atoms with van der Waals surface area (Å²) in [5.41, 5.74) is 4.27. The van der Waals surface area contributed by atoms with Gasteiger partial charge in [-0.2, -0.15) is 4.31 Å². The summed E-state index contributed by atoms with van der Waals surface area (Å²) in [4.78, 5) is 98.6. The third kappa shape index (κ3) is 21.9. The van der Waals surface area contributed by atoms with Crippen LogP contribution in [0.25, 0.3) is 11.2 Å². The van der Waals surface area contributed by atoms with Gasteiger partial charge in [-0.1, -0.05) is 95.9 Å². The highest BCUT2D eigenvalue weighted by Gasteiger charge is 2.50. The summed E-state index contributed by atoms with van der Waals surface area (Å²) in [5, 5.41) is 26.4. The van der Waals surface area contributed by atoms with Crippen molar-refractivity contribution < 1.29 is 85.3 Å². The van der Waals surface area contributed by atoms with Gasteiger partial charge in [0.15, 0.2) is 17.7 Å². The average molecular weight is 1050 g/mol. The van der Waals surface area contributed by atoms with Crippen molar-refractivity contribution in [3.8, 4) is 0 Å². The van der Waals surface area contributed by atoms with Crippen LogP contribution in [0.3, 0.4) is 0 Å². The summed E-state index contributed by atoms with van der Waals surface area (Å²) in [6, 6.07) is 0. The highest BCUT2D eigenvalue weighted by molar-refractivity contribution is 8.14. The summed E-state index contributed by atoms with van der Waals surface area (Å²) in [6.07, 6.45) is 13.0. The van der Waals surface area contributed by atoms with Gasteiger partial charge in [0.2, 0.25) is 16.9 Å². The van der Waals surface area contributed by atoms with Crippen molar-refractivity contribution in [2.75, 3.05) is 37.8 Å². The minimum absolute atomic E-state index is 0.0294. The number of aliphatic hydroxyl groups excluding tert-OH is 2. The van der Waals surface area contributed by atoms with Crippen LogP contribution in [0.15, 0.2) is 24.8 Å². The van der Waals surface area contributed by atoms with Crippen LogP contribution >= 0.6 is 35.2 Å². The first-order chi connectivity index (χ1) is 32.1. The van der Waals surface area contributed by atoms with E-state index in [0.717, 1.165) is 67.4 Å². The van der Waals surface area contributed by atoms with Gasteiger partial charge in [-0.3, -0.25) is 32.5 Å². The predicted octanol–water partition coefficient (Wildman–Crippen LogP) is 3.88. The molecule has 0 aliphatic carbocycles. The number of phosphoric ester groups is 3. The van der Waals surface area contributed by atoms with E-state index in [1.54, 1.807) is 0 Å². The lowest BCUT2D eigenvalue weighted by atomic mass is 9.87. The van der Waals surface area contributed by atoms with Crippen molar-refractivity contribution in [1.82, 2.24) is 30.2 Å². The predicted molar refractivity (Wildman–Crippen MR) is 247 cm³/mol. The number of nitrogens with zero attached hydrogens (tertiary/aromatic N) is 4. The number of aromatic nitrogens is 4. The molecule has 1 aliphatic heterocycles. The number of carbonyl (C=O) groups excluding carboxylic acids is 4. The zero-order valence-electron chi connectivity index (χ0n) is 38.1. The molecule has 29 heteroatoms. The number of hydrogen-bond donors (Lipinski definition) is 9. The lowest BCUT2D eigenvalue weighted by Crippen LogP contribution is -2.46. The molecule has 1 fully saturated rings. The molecule has 2 aromatic heterocycles. The minimum Gasteiger partial charge on any atom is -0.386 e. The number of imidazole rings is 1. The quantitative estimate of drug-likeness (QED) is 0.0205. The Morgan fingerprint density at radius 3 is 2.12 bits per heavy atom. The molecule has 10 N–H and O–H groups in total. The molecule has 2 amide bonds. The third-order valence-electron chi connectivity index (χ3n) is 10.4.